The van der Waals surface area contributed by atoms with E-state index in [4.69, 9.17) is 5.73 Å². The molecule has 9 heteroatoms. The van der Waals surface area contributed by atoms with Crippen molar-refractivity contribution in [3.05, 3.63) is 41.5 Å². The highest BCUT2D eigenvalue weighted by molar-refractivity contribution is 5.58. The van der Waals surface area contributed by atoms with E-state index in [0.717, 1.165) is 12.4 Å². The number of anilines is 3. The van der Waals surface area contributed by atoms with E-state index in [1.54, 1.807) is 0 Å². The third-order valence-electron chi connectivity index (χ3n) is 2.13. The fourth-order valence-corrected chi connectivity index (χ4v) is 1.25. The highest BCUT2D eigenvalue weighted by Crippen LogP contribution is 2.28. The van der Waals surface area contributed by atoms with Crippen molar-refractivity contribution in [2.45, 2.75) is 0 Å². The summed E-state index contributed by atoms with van der Waals surface area (Å²) in [5.74, 6) is -10.5. The first kappa shape index (κ1) is 13.0. The number of nitrogens with two attached hydrogens (primary N) is 1. The Balaban J connectivity index is 2.48. The Hall–Kier alpha value is -2.45. The van der Waals surface area contributed by atoms with Gasteiger partial charge >= 0.3 is 0 Å². The summed E-state index contributed by atoms with van der Waals surface area (Å²) < 4.78 is 65.2. The zero-order valence-corrected chi connectivity index (χ0v) is 9.02. The average molecular weight is 276 g/mol. The minimum atomic E-state index is -2.23. The lowest BCUT2D eigenvalue weighted by molar-refractivity contribution is 0.382. The molecular weight excluding hydrogens is 271 g/mol. The highest BCUT2D eigenvalue weighted by Gasteiger charge is 2.25. The SMILES string of the molecule is Nc1cnc(Nc2c(F)c(F)c(F)c(F)c2F)cn1. The quantitative estimate of drug-likeness (QED) is 0.502. The summed E-state index contributed by atoms with van der Waals surface area (Å²) in [4.78, 5) is 7.11. The topological polar surface area (TPSA) is 63.8 Å². The van der Waals surface area contributed by atoms with Gasteiger partial charge in [0.15, 0.2) is 23.3 Å². The number of hydrogen-bond donors (Lipinski definition) is 2. The van der Waals surface area contributed by atoms with Crippen molar-refractivity contribution in [3.63, 3.8) is 0 Å². The molecular formula is C10H5F5N4. The van der Waals surface area contributed by atoms with E-state index in [2.05, 4.69) is 9.97 Å². The molecule has 0 radical (unpaired) electrons. The van der Waals surface area contributed by atoms with Crippen LogP contribution in [0.1, 0.15) is 0 Å². The molecule has 2 aromatic rings. The van der Waals surface area contributed by atoms with E-state index in [1.807, 2.05) is 5.32 Å². The number of nitrogens with one attached hydrogen (secondary N) is 1. The summed E-state index contributed by atoms with van der Waals surface area (Å²) in [7, 11) is 0. The molecule has 0 unspecified atom stereocenters. The summed E-state index contributed by atoms with van der Waals surface area (Å²) in [5, 5.41) is 1.95. The van der Waals surface area contributed by atoms with Crippen molar-refractivity contribution >= 4 is 17.3 Å². The van der Waals surface area contributed by atoms with Crippen LogP contribution in [0.15, 0.2) is 12.4 Å². The first-order chi connectivity index (χ1) is 8.91. The van der Waals surface area contributed by atoms with E-state index >= 15 is 0 Å². The van der Waals surface area contributed by atoms with Gasteiger partial charge in [0.25, 0.3) is 0 Å². The van der Waals surface area contributed by atoms with Gasteiger partial charge in [-0.25, -0.2) is 31.9 Å². The average Bonchev–Trinajstić information content (AvgIpc) is 2.41. The number of hydrogen-bond acceptors (Lipinski definition) is 4. The third-order valence-corrected chi connectivity index (χ3v) is 2.13. The van der Waals surface area contributed by atoms with Gasteiger partial charge in [0, 0.05) is 0 Å². The molecule has 0 saturated carbocycles. The van der Waals surface area contributed by atoms with Gasteiger partial charge in [-0.2, -0.15) is 0 Å². The van der Waals surface area contributed by atoms with Crippen molar-refractivity contribution in [3.8, 4) is 0 Å². The van der Waals surface area contributed by atoms with Crippen molar-refractivity contribution in [2.24, 2.45) is 0 Å². The maximum atomic E-state index is 13.3. The smallest absolute Gasteiger partial charge is 0.200 e. The molecule has 0 fully saturated rings. The number of nitrogen functional groups attached to an aromatic ring is 1. The lowest BCUT2D eigenvalue weighted by Gasteiger charge is -2.09. The fourth-order valence-electron chi connectivity index (χ4n) is 1.25. The van der Waals surface area contributed by atoms with Gasteiger partial charge in [-0.05, 0) is 0 Å². The zero-order valence-electron chi connectivity index (χ0n) is 9.02. The molecule has 0 aliphatic rings. The largest absolute Gasteiger partial charge is 0.382 e. The Kier molecular flexibility index (Phi) is 3.19. The Morgan fingerprint density at radius 1 is 0.789 bits per heavy atom. The highest BCUT2D eigenvalue weighted by atomic mass is 19.2. The van der Waals surface area contributed by atoms with E-state index in [9.17, 15) is 22.0 Å². The van der Waals surface area contributed by atoms with Crippen molar-refractivity contribution in [2.75, 3.05) is 11.1 Å². The van der Waals surface area contributed by atoms with Crippen molar-refractivity contribution in [1.82, 2.24) is 9.97 Å². The summed E-state index contributed by atoms with van der Waals surface area (Å²) >= 11 is 0. The molecule has 0 spiro atoms. The molecule has 4 nitrogen and oxygen atoms in total. The normalized spacial score (nSPS) is 10.6. The van der Waals surface area contributed by atoms with E-state index < -0.39 is 34.8 Å². The zero-order chi connectivity index (χ0) is 14.2. The third kappa shape index (κ3) is 2.26. The Morgan fingerprint density at radius 2 is 1.32 bits per heavy atom. The molecule has 1 heterocycles. The van der Waals surface area contributed by atoms with Gasteiger partial charge in [-0.1, -0.05) is 0 Å². The van der Waals surface area contributed by atoms with Gasteiger partial charge in [0.1, 0.15) is 17.3 Å². The predicted molar refractivity (Wildman–Crippen MR) is 56.0 cm³/mol. The maximum Gasteiger partial charge on any atom is 0.200 e. The summed E-state index contributed by atoms with van der Waals surface area (Å²) in [6.07, 6.45) is 2.03. The molecule has 0 aliphatic heterocycles. The van der Waals surface area contributed by atoms with Crippen molar-refractivity contribution in [1.29, 1.82) is 0 Å². The molecule has 0 atom stereocenters. The summed E-state index contributed by atoms with van der Waals surface area (Å²) in [6.45, 7) is 0. The molecule has 100 valence electrons. The van der Waals surface area contributed by atoms with E-state index in [-0.39, 0.29) is 11.6 Å². The van der Waals surface area contributed by atoms with Crippen LogP contribution < -0.4 is 11.1 Å². The lowest BCUT2D eigenvalue weighted by Crippen LogP contribution is -2.07. The maximum absolute atomic E-state index is 13.3. The molecule has 1 aromatic carbocycles. The van der Waals surface area contributed by atoms with Crippen LogP contribution in [0, 0.1) is 29.1 Å². The van der Waals surface area contributed by atoms with E-state index in [1.165, 1.54) is 0 Å². The molecule has 0 amide bonds. The Bertz CT molecular complexity index is 600. The minimum Gasteiger partial charge on any atom is -0.382 e. The molecule has 0 bridgehead atoms. The molecule has 0 aliphatic carbocycles. The Labute approximate surface area is 103 Å². The number of nitrogens with zero attached hydrogens (tertiary/aromatic N) is 2. The number of rotatable bonds is 2. The molecule has 3 N–H and O–H groups in total. The van der Waals surface area contributed by atoms with Crippen LogP contribution in [0.2, 0.25) is 0 Å². The van der Waals surface area contributed by atoms with Crippen LogP contribution in [0.3, 0.4) is 0 Å². The fraction of sp³-hybridized carbons (Fsp3) is 0. The second-order valence-electron chi connectivity index (χ2n) is 3.40. The van der Waals surface area contributed by atoms with Crippen LogP contribution in [0.4, 0.5) is 39.3 Å². The predicted octanol–water partition coefficient (Wildman–Crippen LogP) is 2.50. The van der Waals surface area contributed by atoms with Crippen LogP contribution in [-0.4, -0.2) is 9.97 Å². The van der Waals surface area contributed by atoms with Crippen molar-refractivity contribution < 1.29 is 22.0 Å². The second kappa shape index (κ2) is 4.67. The van der Waals surface area contributed by atoms with Gasteiger partial charge < -0.3 is 11.1 Å². The number of benzene rings is 1. The Morgan fingerprint density at radius 3 is 1.79 bits per heavy atom. The standard InChI is InChI=1S/C10H5F5N4/c11-5-6(12)8(14)10(9(15)7(5)13)19-4-2-17-3(16)1-18-4/h1-2H,(H2,16,17)(H,18,19). The minimum absolute atomic E-state index is 0.0305. The molecule has 0 saturated heterocycles. The van der Waals surface area contributed by atoms with Gasteiger partial charge in [0.05, 0.1) is 12.4 Å². The van der Waals surface area contributed by atoms with Crippen LogP contribution in [-0.2, 0) is 0 Å². The van der Waals surface area contributed by atoms with Gasteiger partial charge in [0.2, 0.25) is 5.82 Å². The van der Waals surface area contributed by atoms with Gasteiger partial charge in [-0.3, -0.25) is 0 Å². The van der Waals surface area contributed by atoms with Crippen LogP contribution in [0.25, 0.3) is 0 Å². The van der Waals surface area contributed by atoms with Crippen LogP contribution in [0.5, 0.6) is 0 Å². The first-order valence-electron chi connectivity index (χ1n) is 4.77. The number of aromatic nitrogens is 2. The summed E-state index contributed by atoms with van der Waals surface area (Å²) in [5.41, 5.74) is 4.02. The first-order valence-corrected chi connectivity index (χ1v) is 4.77. The molecule has 1 aromatic heterocycles. The summed E-state index contributed by atoms with van der Waals surface area (Å²) in [6, 6.07) is 0. The lowest BCUT2D eigenvalue weighted by atomic mass is 10.2. The van der Waals surface area contributed by atoms with E-state index in [0.29, 0.717) is 0 Å². The van der Waals surface area contributed by atoms with Crippen LogP contribution >= 0.6 is 0 Å². The monoisotopic (exact) mass is 276 g/mol. The molecule has 2 rings (SSSR count). The molecule has 19 heavy (non-hydrogen) atoms. The number of halogens is 5. The van der Waals surface area contributed by atoms with Gasteiger partial charge in [-0.15, -0.1) is 0 Å². The second-order valence-corrected chi connectivity index (χ2v) is 3.40.